The third-order valence-corrected chi connectivity index (χ3v) is 2.71. The molecule has 0 aromatic heterocycles. The van der Waals surface area contributed by atoms with Crippen LogP contribution in [0.4, 0.5) is 0 Å². The molecule has 2 heteroatoms. The van der Waals surface area contributed by atoms with Crippen molar-refractivity contribution >= 4 is 0 Å². The van der Waals surface area contributed by atoms with Gasteiger partial charge in [0.2, 0.25) is 0 Å². The Balaban J connectivity index is 2.66. The summed E-state index contributed by atoms with van der Waals surface area (Å²) < 4.78 is 5.78. The Morgan fingerprint density at radius 3 is 2.73 bits per heavy atom. The summed E-state index contributed by atoms with van der Waals surface area (Å²) in [6.45, 7) is 7.79. The Kier molecular flexibility index (Phi) is 4.63. The quantitative estimate of drug-likeness (QED) is 0.805. The van der Waals surface area contributed by atoms with E-state index in [4.69, 9.17) is 10.5 Å². The average Bonchev–Trinajstić information content (AvgIpc) is 2.27. The predicted molar refractivity (Wildman–Crippen MR) is 64.0 cm³/mol. The zero-order valence-electron chi connectivity index (χ0n) is 9.92. The van der Waals surface area contributed by atoms with Crippen LogP contribution in [-0.2, 0) is 6.54 Å². The van der Waals surface area contributed by atoms with Crippen molar-refractivity contribution < 1.29 is 4.74 Å². The van der Waals surface area contributed by atoms with Gasteiger partial charge in [-0.05, 0) is 30.0 Å². The molecule has 0 fully saturated rings. The van der Waals surface area contributed by atoms with Crippen molar-refractivity contribution in [3.8, 4) is 5.75 Å². The van der Waals surface area contributed by atoms with Gasteiger partial charge in [0.05, 0.1) is 6.61 Å². The van der Waals surface area contributed by atoms with Gasteiger partial charge in [0, 0.05) is 6.54 Å². The van der Waals surface area contributed by atoms with E-state index in [9.17, 15) is 0 Å². The van der Waals surface area contributed by atoms with Crippen molar-refractivity contribution in [2.75, 3.05) is 6.61 Å². The normalized spacial score (nSPS) is 12.5. The second-order valence-corrected chi connectivity index (χ2v) is 4.13. The number of benzene rings is 1. The van der Waals surface area contributed by atoms with Gasteiger partial charge in [-0.1, -0.05) is 32.4 Å². The summed E-state index contributed by atoms with van der Waals surface area (Å²) in [5.74, 6) is 1.57. The molecule has 1 rings (SSSR count). The van der Waals surface area contributed by atoms with E-state index in [2.05, 4.69) is 26.8 Å². The van der Waals surface area contributed by atoms with E-state index in [1.54, 1.807) is 0 Å². The summed E-state index contributed by atoms with van der Waals surface area (Å²) in [6, 6.07) is 6.15. The largest absolute Gasteiger partial charge is 0.493 e. The van der Waals surface area contributed by atoms with E-state index in [0.717, 1.165) is 24.3 Å². The van der Waals surface area contributed by atoms with Gasteiger partial charge >= 0.3 is 0 Å². The molecule has 0 aliphatic heterocycles. The summed E-state index contributed by atoms with van der Waals surface area (Å²) in [5.41, 5.74) is 7.90. The summed E-state index contributed by atoms with van der Waals surface area (Å²) >= 11 is 0. The van der Waals surface area contributed by atoms with Crippen molar-refractivity contribution in [1.82, 2.24) is 0 Å². The van der Waals surface area contributed by atoms with Gasteiger partial charge in [0.15, 0.2) is 0 Å². The van der Waals surface area contributed by atoms with E-state index < -0.39 is 0 Å². The molecule has 0 saturated heterocycles. The minimum atomic E-state index is 0.569. The van der Waals surface area contributed by atoms with Crippen LogP contribution in [0.3, 0.4) is 0 Å². The van der Waals surface area contributed by atoms with Crippen LogP contribution >= 0.6 is 0 Å². The Labute approximate surface area is 92.4 Å². The molecule has 2 nitrogen and oxygen atoms in total. The van der Waals surface area contributed by atoms with Gasteiger partial charge < -0.3 is 10.5 Å². The van der Waals surface area contributed by atoms with Crippen molar-refractivity contribution in [1.29, 1.82) is 0 Å². The Morgan fingerprint density at radius 2 is 2.13 bits per heavy atom. The molecule has 0 saturated carbocycles. The molecule has 1 aromatic rings. The fraction of sp³-hybridized carbons (Fsp3) is 0.538. The molecule has 1 atom stereocenters. The second-order valence-electron chi connectivity index (χ2n) is 4.13. The van der Waals surface area contributed by atoms with Gasteiger partial charge in [-0.2, -0.15) is 0 Å². The first-order chi connectivity index (χ1) is 7.17. The summed E-state index contributed by atoms with van der Waals surface area (Å²) in [5, 5.41) is 0. The molecule has 84 valence electrons. The molecule has 0 bridgehead atoms. The summed E-state index contributed by atoms with van der Waals surface area (Å²) in [4.78, 5) is 0. The highest BCUT2D eigenvalue weighted by Gasteiger charge is 2.03. The number of hydrogen-bond acceptors (Lipinski definition) is 2. The first kappa shape index (κ1) is 12.1. The van der Waals surface area contributed by atoms with Crippen molar-refractivity contribution in [2.24, 2.45) is 11.7 Å². The zero-order chi connectivity index (χ0) is 11.3. The van der Waals surface area contributed by atoms with Crippen LogP contribution in [0, 0.1) is 12.8 Å². The predicted octanol–water partition coefficient (Wildman–Crippen LogP) is 2.88. The number of ether oxygens (including phenoxy) is 1. The van der Waals surface area contributed by atoms with Gasteiger partial charge in [0.1, 0.15) is 5.75 Å². The molecule has 0 heterocycles. The molecular formula is C13H21NO. The van der Waals surface area contributed by atoms with E-state index in [-0.39, 0.29) is 0 Å². The molecule has 0 amide bonds. The lowest BCUT2D eigenvalue weighted by molar-refractivity contribution is 0.255. The van der Waals surface area contributed by atoms with E-state index >= 15 is 0 Å². The van der Waals surface area contributed by atoms with E-state index in [1.165, 1.54) is 5.56 Å². The molecule has 0 aliphatic carbocycles. The SMILES string of the molecule is CCC(C)COc1cc(CN)ccc1C. The van der Waals surface area contributed by atoms with Crippen LogP contribution in [0.2, 0.25) is 0 Å². The summed E-state index contributed by atoms with van der Waals surface area (Å²) in [6.07, 6.45) is 1.15. The fourth-order valence-corrected chi connectivity index (χ4v) is 1.28. The highest BCUT2D eigenvalue weighted by atomic mass is 16.5. The molecule has 1 unspecified atom stereocenters. The average molecular weight is 207 g/mol. The minimum Gasteiger partial charge on any atom is -0.493 e. The standard InChI is InChI=1S/C13H21NO/c1-4-10(2)9-15-13-7-12(8-14)6-5-11(13)3/h5-7,10H,4,8-9,14H2,1-3H3. The smallest absolute Gasteiger partial charge is 0.122 e. The number of hydrogen-bond donors (Lipinski definition) is 1. The maximum absolute atomic E-state index is 5.78. The molecule has 0 radical (unpaired) electrons. The number of rotatable bonds is 5. The van der Waals surface area contributed by atoms with Gasteiger partial charge in [-0.15, -0.1) is 0 Å². The van der Waals surface area contributed by atoms with Crippen molar-refractivity contribution in [3.05, 3.63) is 29.3 Å². The lowest BCUT2D eigenvalue weighted by Gasteiger charge is -2.13. The Hall–Kier alpha value is -1.02. The maximum atomic E-state index is 5.78. The maximum Gasteiger partial charge on any atom is 0.122 e. The van der Waals surface area contributed by atoms with Gasteiger partial charge in [-0.3, -0.25) is 0 Å². The highest BCUT2D eigenvalue weighted by Crippen LogP contribution is 2.20. The third-order valence-electron chi connectivity index (χ3n) is 2.71. The monoisotopic (exact) mass is 207 g/mol. The number of nitrogens with two attached hydrogens (primary N) is 1. The highest BCUT2D eigenvalue weighted by molar-refractivity contribution is 5.36. The van der Waals surface area contributed by atoms with Crippen LogP contribution in [-0.4, -0.2) is 6.61 Å². The van der Waals surface area contributed by atoms with Crippen LogP contribution in [0.25, 0.3) is 0 Å². The minimum absolute atomic E-state index is 0.569. The zero-order valence-corrected chi connectivity index (χ0v) is 9.92. The first-order valence-electron chi connectivity index (χ1n) is 5.59. The van der Waals surface area contributed by atoms with Crippen LogP contribution in [0.5, 0.6) is 5.75 Å². The molecule has 1 aromatic carbocycles. The van der Waals surface area contributed by atoms with Crippen LogP contribution in [0.1, 0.15) is 31.4 Å². The molecule has 0 spiro atoms. The second kappa shape index (κ2) is 5.76. The molecule has 15 heavy (non-hydrogen) atoms. The number of aryl methyl sites for hydroxylation is 1. The lowest BCUT2D eigenvalue weighted by atomic mass is 10.1. The Bertz CT molecular complexity index is 309. The van der Waals surface area contributed by atoms with E-state index in [1.807, 2.05) is 12.1 Å². The lowest BCUT2D eigenvalue weighted by Crippen LogP contribution is -2.08. The third kappa shape index (κ3) is 3.56. The van der Waals surface area contributed by atoms with Crippen molar-refractivity contribution in [3.63, 3.8) is 0 Å². The summed E-state index contributed by atoms with van der Waals surface area (Å²) in [7, 11) is 0. The fourth-order valence-electron chi connectivity index (χ4n) is 1.28. The Morgan fingerprint density at radius 1 is 1.40 bits per heavy atom. The van der Waals surface area contributed by atoms with Crippen LogP contribution < -0.4 is 10.5 Å². The van der Waals surface area contributed by atoms with Gasteiger partial charge in [-0.25, -0.2) is 0 Å². The molecule has 0 aliphatic rings. The first-order valence-corrected chi connectivity index (χ1v) is 5.59. The van der Waals surface area contributed by atoms with Crippen LogP contribution in [0.15, 0.2) is 18.2 Å². The molecule has 2 N–H and O–H groups in total. The van der Waals surface area contributed by atoms with E-state index in [0.29, 0.717) is 12.5 Å². The van der Waals surface area contributed by atoms with Gasteiger partial charge in [0.25, 0.3) is 0 Å². The molecular weight excluding hydrogens is 186 g/mol. The topological polar surface area (TPSA) is 35.2 Å². The van der Waals surface area contributed by atoms with Crippen molar-refractivity contribution in [2.45, 2.75) is 33.7 Å².